The Labute approximate surface area is 244 Å². The van der Waals surface area contributed by atoms with Gasteiger partial charge in [-0.05, 0) is 50.7 Å². The normalized spacial score (nSPS) is 23.6. The molecule has 1 saturated heterocycles. The summed E-state index contributed by atoms with van der Waals surface area (Å²) in [4.78, 5) is 40.0. The number of allylic oxidation sites excluding steroid dienone is 1. The van der Waals surface area contributed by atoms with Crippen molar-refractivity contribution < 1.29 is 33.0 Å². The summed E-state index contributed by atoms with van der Waals surface area (Å²) in [6.07, 6.45) is 6.10. The van der Waals surface area contributed by atoms with E-state index in [0.717, 1.165) is 32.1 Å². The molecule has 1 aliphatic carbocycles. The van der Waals surface area contributed by atoms with E-state index in [1.54, 1.807) is 63.3 Å². The third-order valence-electron chi connectivity index (χ3n) is 7.29. The van der Waals surface area contributed by atoms with Gasteiger partial charge in [0, 0.05) is 12.6 Å². The van der Waals surface area contributed by atoms with Crippen molar-refractivity contribution in [1.29, 1.82) is 0 Å². The molecule has 0 amide bonds. The number of carbonyl (C=O) groups is 1. The standard InChI is InChI=1S/C29H40N3O9P/c1-4-11-20-17-32(29(36)30-27(20)34)25-16-23(33)24(40-25)18-38-42(37,41-22-14-9-6-10-15-22)31-26(19(2)3)28(35)39-21-12-7-5-8-13-21/h4,6,9-11,14-15,17,19,21,23-26,33H,5,7-8,12-13,16,18H2,1-3H3,(H,31,37)(H,30,34,36)/b11-4+/t23?,24?,25?,26-,42?/m0/s1. The smallest absolute Gasteiger partial charge is 0.459 e. The summed E-state index contributed by atoms with van der Waals surface area (Å²) >= 11 is 0. The molecule has 2 aromatic rings. The van der Waals surface area contributed by atoms with Crippen molar-refractivity contribution in [2.45, 2.75) is 89.9 Å². The largest absolute Gasteiger partial charge is 0.461 e. The summed E-state index contributed by atoms with van der Waals surface area (Å²) in [5, 5.41) is 13.5. The van der Waals surface area contributed by atoms with E-state index in [9.17, 15) is 24.1 Å². The fourth-order valence-electron chi connectivity index (χ4n) is 5.00. The van der Waals surface area contributed by atoms with E-state index in [0.29, 0.717) is 0 Å². The summed E-state index contributed by atoms with van der Waals surface area (Å²) in [5.41, 5.74) is -0.984. The molecule has 2 aliphatic rings. The number of hydrogen-bond acceptors (Lipinski definition) is 9. The van der Waals surface area contributed by atoms with Crippen molar-refractivity contribution in [3.63, 3.8) is 0 Å². The number of ether oxygens (including phenoxy) is 2. The van der Waals surface area contributed by atoms with Gasteiger partial charge >= 0.3 is 19.4 Å². The molecule has 0 spiro atoms. The number of aliphatic hydroxyl groups excluding tert-OH is 1. The van der Waals surface area contributed by atoms with Crippen LogP contribution in [0.1, 0.15) is 71.1 Å². The minimum atomic E-state index is -4.23. The molecular formula is C29H40N3O9P. The van der Waals surface area contributed by atoms with Gasteiger partial charge in [-0.1, -0.05) is 50.6 Å². The van der Waals surface area contributed by atoms with Crippen molar-refractivity contribution in [2.75, 3.05) is 6.61 Å². The van der Waals surface area contributed by atoms with Gasteiger partial charge in [-0.3, -0.25) is 23.7 Å². The van der Waals surface area contributed by atoms with Gasteiger partial charge in [0.05, 0.1) is 18.3 Å². The van der Waals surface area contributed by atoms with E-state index >= 15 is 0 Å². The van der Waals surface area contributed by atoms with Crippen LogP contribution < -0.4 is 20.9 Å². The first-order valence-electron chi connectivity index (χ1n) is 14.4. The van der Waals surface area contributed by atoms with Gasteiger partial charge in [-0.25, -0.2) is 9.36 Å². The molecule has 12 nitrogen and oxygen atoms in total. The summed E-state index contributed by atoms with van der Waals surface area (Å²) in [5.74, 6) is -0.601. The SMILES string of the molecule is C/C=C/c1cn(C2CC(O)C(COP(=O)(N[C@H](C(=O)OC3CCCCC3)C(C)C)Oc3ccccc3)O2)c(=O)[nH]c1=O. The van der Waals surface area contributed by atoms with Crippen LogP contribution in [0, 0.1) is 5.92 Å². The van der Waals surface area contributed by atoms with Crippen molar-refractivity contribution >= 4 is 19.8 Å². The number of carbonyl (C=O) groups excluding carboxylic acids is 1. The molecule has 1 aromatic carbocycles. The van der Waals surface area contributed by atoms with Crippen molar-refractivity contribution in [2.24, 2.45) is 5.92 Å². The second kappa shape index (κ2) is 14.4. The molecule has 2 fully saturated rings. The molecule has 13 heteroatoms. The number of benzene rings is 1. The number of para-hydroxylation sites is 1. The van der Waals surface area contributed by atoms with Gasteiger partial charge in [0.15, 0.2) is 0 Å². The lowest BCUT2D eigenvalue weighted by atomic mass is 9.97. The average Bonchev–Trinajstić information content (AvgIpc) is 3.33. The average molecular weight is 606 g/mol. The van der Waals surface area contributed by atoms with Crippen LogP contribution in [0.25, 0.3) is 6.08 Å². The highest BCUT2D eigenvalue weighted by Gasteiger charge is 2.41. The third kappa shape index (κ3) is 8.29. The Kier molecular flexibility index (Phi) is 11.0. The van der Waals surface area contributed by atoms with Crippen LogP contribution in [-0.4, -0.2) is 51.6 Å². The fraction of sp³-hybridized carbons (Fsp3) is 0.552. The zero-order chi connectivity index (χ0) is 30.3. The summed E-state index contributed by atoms with van der Waals surface area (Å²) < 4.78 is 38.5. The molecule has 0 bridgehead atoms. The van der Waals surface area contributed by atoms with Gasteiger partial charge in [-0.2, -0.15) is 5.09 Å². The van der Waals surface area contributed by atoms with Gasteiger partial charge < -0.3 is 19.1 Å². The van der Waals surface area contributed by atoms with Crippen molar-refractivity contribution in [1.82, 2.24) is 14.6 Å². The van der Waals surface area contributed by atoms with E-state index in [2.05, 4.69) is 10.1 Å². The molecule has 0 radical (unpaired) electrons. The van der Waals surface area contributed by atoms with Crippen LogP contribution in [0.4, 0.5) is 0 Å². The molecular weight excluding hydrogens is 565 g/mol. The van der Waals surface area contributed by atoms with Gasteiger partial charge in [0.1, 0.15) is 30.2 Å². The first-order valence-corrected chi connectivity index (χ1v) is 15.9. The molecule has 3 N–H and O–H groups in total. The number of nitrogens with zero attached hydrogens (tertiary/aromatic N) is 1. The zero-order valence-electron chi connectivity index (χ0n) is 24.1. The van der Waals surface area contributed by atoms with Crippen LogP contribution in [0.3, 0.4) is 0 Å². The minimum absolute atomic E-state index is 0.0227. The van der Waals surface area contributed by atoms with E-state index in [1.807, 2.05) is 0 Å². The maximum absolute atomic E-state index is 14.1. The van der Waals surface area contributed by atoms with E-state index < -0.39 is 49.4 Å². The highest BCUT2D eigenvalue weighted by molar-refractivity contribution is 7.52. The van der Waals surface area contributed by atoms with E-state index in [4.69, 9.17) is 18.5 Å². The van der Waals surface area contributed by atoms with Gasteiger partial charge in [0.2, 0.25) is 0 Å². The monoisotopic (exact) mass is 605 g/mol. The third-order valence-corrected chi connectivity index (χ3v) is 8.82. The number of aromatic amines is 1. The first kappa shape index (κ1) is 31.9. The quantitative estimate of drug-likeness (QED) is 0.239. The molecule has 4 rings (SSSR count). The van der Waals surface area contributed by atoms with Gasteiger partial charge in [0.25, 0.3) is 5.56 Å². The molecule has 1 aromatic heterocycles. The number of H-pyrrole nitrogens is 1. The molecule has 42 heavy (non-hydrogen) atoms. The summed E-state index contributed by atoms with van der Waals surface area (Å²) in [7, 11) is -4.23. The zero-order valence-corrected chi connectivity index (χ0v) is 25.0. The molecule has 230 valence electrons. The molecule has 4 unspecified atom stereocenters. The summed E-state index contributed by atoms with van der Waals surface area (Å²) in [6, 6.07) is 7.39. The topological polar surface area (TPSA) is 158 Å². The highest BCUT2D eigenvalue weighted by Crippen LogP contribution is 2.46. The van der Waals surface area contributed by atoms with Gasteiger partial charge in [-0.15, -0.1) is 0 Å². The second-order valence-electron chi connectivity index (χ2n) is 10.9. The minimum Gasteiger partial charge on any atom is -0.461 e. The Hall–Kier alpha value is -3.02. The number of rotatable bonds is 12. The number of nitrogens with one attached hydrogen (secondary N) is 2. The van der Waals surface area contributed by atoms with E-state index in [-0.39, 0.29) is 36.4 Å². The molecule has 5 atom stereocenters. The maximum atomic E-state index is 14.1. The Balaban J connectivity index is 1.50. The van der Waals surface area contributed by atoms with Crippen molar-refractivity contribution in [3.05, 3.63) is 69.0 Å². The van der Waals surface area contributed by atoms with Crippen LogP contribution in [0.5, 0.6) is 5.75 Å². The number of aromatic nitrogens is 2. The summed E-state index contributed by atoms with van der Waals surface area (Å²) in [6.45, 7) is 4.95. The maximum Gasteiger partial charge on any atom is 0.459 e. The molecule has 2 heterocycles. The van der Waals surface area contributed by atoms with Crippen LogP contribution in [0.2, 0.25) is 0 Å². The first-order chi connectivity index (χ1) is 20.1. The Bertz CT molecular complexity index is 1380. The second-order valence-corrected chi connectivity index (χ2v) is 12.6. The van der Waals surface area contributed by atoms with Crippen LogP contribution >= 0.6 is 7.75 Å². The number of esters is 1. The number of aliphatic hydroxyl groups is 1. The Morgan fingerprint density at radius 2 is 1.93 bits per heavy atom. The Morgan fingerprint density at radius 1 is 1.21 bits per heavy atom. The Morgan fingerprint density at radius 3 is 2.60 bits per heavy atom. The van der Waals surface area contributed by atoms with Crippen molar-refractivity contribution in [3.8, 4) is 5.75 Å². The highest BCUT2D eigenvalue weighted by atomic mass is 31.2. The predicted octanol–water partition coefficient (Wildman–Crippen LogP) is 3.91. The fourth-order valence-corrected chi connectivity index (χ4v) is 6.66. The lowest BCUT2D eigenvalue weighted by molar-refractivity contribution is -0.153. The van der Waals surface area contributed by atoms with Crippen LogP contribution in [0.15, 0.2) is 52.2 Å². The van der Waals surface area contributed by atoms with Crippen LogP contribution in [-0.2, 0) is 23.4 Å². The molecule has 1 aliphatic heterocycles. The van der Waals surface area contributed by atoms with E-state index in [1.165, 1.54) is 10.8 Å². The lowest BCUT2D eigenvalue weighted by Crippen LogP contribution is -2.43. The predicted molar refractivity (Wildman–Crippen MR) is 156 cm³/mol. The number of hydrogen-bond donors (Lipinski definition) is 3. The molecule has 1 saturated carbocycles. The lowest BCUT2D eigenvalue weighted by Gasteiger charge is -2.29.